The first-order valence-electron chi connectivity index (χ1n) is 4.93. The summed E-state index contributed by atoms with van der Waals surface area (Å²) in [5.41, 5.74) is 0. The van der Waals surface area contributed by atoms with Crippen molar-refractivity contribution in [2.75, 3.05) is 24.6 Å². The van der Waals surface area contributed by atoms with Crippen LogP contribution in [0.25, 0.3) is 0 Å². The average Bonchev–Trinajstić information content (AvgIpc) is 2.59. The topological polar surface area (TPSA) is 49.2 Å². The fraction of sp³-hybridized carbons (Fsp3) is 0.778. The maximum atomic E-state index is 8.92. The summed E-state index contributed by atoms with van der Waals surface area (Å²) in [5, 5.41) is 18.9. The number of aliphatic hydroxyl groups is 1. The maximum Gasteiger partial charge on any atom is 0.208 e. The first kappa shape index (κ1) is 11.4. The third-order valence-electron chi connectivity index (χ3n) is 1.94. The summed E-state index contributed by atoms with van der Waals surface area (Å²) in [7, 11) is 0. The standard InChI is InChI=1S/C9H17N3OS/c1-3-4-5-12(6-7-13)9-11-10-8(2)14-9/h13H,3-7H2,1-2H3. The molecule has 0 atom stereocenters. The molecule has 0 radical (unpaired) electrons. The Morgan fingerprint density at radius 3 is 2.64 bits per heavy atom. The SMILES string of the molecule is CCCCN(CCO)c1nnc(C)s1. The van der Waals surface area contributed by atoms with Gasteiger partial charge in [-0.2, -0.15) is 0 Å². The predicted octanol–water partition coefficient (Wildman–Crippen LogP) is 1.45. The molecule has 80 valence electrons. The van der Waals surface area contributed by atoms with Crippen molar-refractivity contribution in [3.05, 3.63) is 5.01 Å². The van der Waals surface area contributed by atoms with Gasteiger partial charge >= 0.3 is 0 Å². The number of rotatable bonds is 6. The average molecular weight is 215 g/mol. The maximum absolute atomic E-state index is 8.92. The van der Waals surface area contributed by atoms with Crippen molar-refractivity contribution in [3.8, 4) is 0 Å². The lowest BCUT2D eigenvalue weighted by Crippen LogP contribution is -2.27. The number of hydrogen-bond donors (Lipinski definition) is 1. The summed E-state index contributed by atoms with van der Waals surface area (Å²) in [6.45, 7) is 5.86. The summed E-state index contributed by atoms with van der Waals surface area (Å²) < 4.78 is 0. The molecule has 0 spiro atoms. The molecule has 0 amide bonds. The van der Waals surface area contributed by atoms with Crippen molar-refractivity contribution in [1.82, 2.24) is 10.2 Å². The minimum absolute atomic E-state index is 0.169. The molecule has 0 bridgehead atoms. The van der Waals surface area contributed by atoms with Crippen LogP contribution in [0.4, 0.5) is 5.13 Å². The van der Waals surface area contributed by atoms with Crippen molar-refractivity contribution >= 4 is 16.5 Å². The van der Waals surface area contributed by atoms with Gasteiger partial charge in [-0.25, -0.2) is 0 Å². The second-order valence-electron chi connectivity index (χ2n) is 3.17. The fourth-order valence-corrected chi connectivity index (χ4v) is 1.93. The molecule has 0 saturated heterocycles. The van der Waals surface area contributed by atoms with Crippen molar-refractivity contribution in [2.24, 2.45) is 0 Å². The normalized spacial score (nSPS) is 10.5. The van der Waals surface area contributed by atoms with Crippen LogP contribution in [0.5, 0.6) is 0 Å². The van der Waals surface area contributed by atoms with Crippen molar-refractivity contribution in [2.45, 2.75) is 26.7 Å². The summed E-state index contributed by atoms with van der Waals surface area (Å²) in [6, 6.07) is 0. The zero-order valence-electron chi connectivity index (χ0n) is 8.73. The Bertz CT molecular complexity index is 264. The van der Waals surface area contributed by atoms with Crippen LogP contribution >= 0.6 is 11.3 Å². The summed E-state index contributed by atoms with van der Waals surface area (Å²) >= 11 is 1.58. The van der Waals surface area contributed by atoms with Gasteiger partial charge in [-0.3, -0.25) is 0 Å². The number of aliphatic hydroxyl groups excluding tert-OH is 1. The number of nitrogens with zero attached hydrogens (tertiary/aromatic N) is 3. The molecule has 0 aliphatic heterocycles. The monoisotopic (exact) mass is 215 g/mol. The first-order chi connectivity index (χ1) is 6.77. The Hall–Kier alpha value is -0.680. The van der Waals surface area contributed by atoms with Crippen molar-refractivity contribution in [1.29, 1.82) is 0 Å². The fourth-order valence-electron chi connectivity index (χ4n) is 1.19. The second kappa shape index (κ2) is 5.93. The number of anilines is 1. The first-order valence-corrected chi connectivity index (χ1v) is 5.75. The van der Waals surface area contributed by atoms with E-state index in [0.717, 1.165) is 29.5 Å². The Labute approximate surface area is 88.6 Å². The zero-order valence-corrected chi connectivity index (χ0v) is 9.55. The Morgan fingerprint density at radius 2 is 2.14 bits per heavy atom. The van der Waals surface area contributed by atoms with Gasteiger partial charge in [0.2, 0.25) is 5.13 Å². The van der Waals surface area contributed by atoms with Gasteiger partial charge in [-0.05, 0) is 13.3 Å². The quantitative estimate of drug-likeness (QED) is 0.780. The third-order valence-corrected chi connectivity index (χ3v) is 2.84. The van der Waals surface area contributed by atoms with Crippen LogP contribution < -0.4 is 4.90 Å². The van der Waals surface area contributed by atoms with Gasteiger partial charge < -0.3 is 10.0 Å². The van der Waals surface area contributed by atoms with Crippen LogP contribution in [0.2, 0.25) is 0 Å². The molecule has 1 aromatic rings. The van der Waals surface area contributed by atoms with Gasteiger partial charge in [0.15, 0.2) is 0 Å². The molecule has 14 heavy (non-hydrogen) atoms. The molecule has 1 N–H and O–H groups in total. The van der Waals surface area contributed by atoms with Gasteiger partial charge in [0, 0.05) is 13.1 Å². The van der Waals surface area contributed by atoms with E-state index in [2.05, 4.69) is 22.0 Å². The number of aromatic nitrogens is 2. The lowest BCUT2D eigenvalue weighted by atomic mass is 10.3. The van der Waals surface area contributed by atoms with E-state index in [0.29, 0.717) is 6.54 Å². The van der Waals surface area contributed by atoms with Crippen LogP contribution in [0.3, 0.4) is 0 Å². The molecule has 5 heteroatoms. The van der Waals surface area contributed by atoms with E-state index >= 15 is 0 Å². The highest BCUT2D eigenvalue weighted by atomic mass is 32.1. The molecular formula is C9H17N3OS. The number of unbranched alkanes of at least 4 members (excludes halogenated alkanes) is 1. The van der Waals surface area contributed by atoms with Gasteiger partial charge in [0.25, 0.3) is 0 Å². The summed E-state index contributed by atoms with van der Waals surface area (Å²) in [5.74, 6) is 0. The lowest BCUT2D eigenvalue weighted by molar-refractivity contribution is 0.301. The third kappa shape index (κ3) is 3.23. The predicted molar refractivity (Wildman–Crippen MR) is 58.9 cm³/mol. The van der Waals surface area contributed by atoms with Crippen molar-refractivity contribution in [3.63, 3.8) is 0 Å². The molecule has 0 fully saturated rings. The Kier molecular flexibility index (Phi) is 4.82. The molecule has 1 rings (SSSR count). The molecule has 4 nitrogen and oxygen atoms in total. The van der Waals surface area contributed by atoms with Crippen molar-refractivity contribution < 1.29 is 5.11 Å². The van der Waals surface area contributed by atoms with Gasteiger partial charge in [-0.15, -0.1) is 10.2 Å². The van der Waals surface area contributed by atoms with Gasteiger partial charge in [0.1, 0.15) is 5.01 Å². The van der Waals surface area contributed by atoms with Crippen LogP contribution in [-0.2, 0) is 0 Å². The van der Waals surface area contributed by atoms with E-state index < -0.39 is 0 Å². The van der Waals surface area contributed by atoms with E-state index in [-0.39, 0.29) is 6.61 Å². The van der Waals surface area contributed by atoms with E-state index in [1.165, 1.54) is 0 Å². The second-order valence-corrected chi connectivity index (χ2v) is 4.33. The van der Waals surface area contributed by atoms with Crippen LogP contribution in [-0.4, -0.2) is 35.0 Å². The van der Waals surface area contributed by atoms with Gasteiger partial charge in [-0.1, -0.05) is 24.7 Å². The van der Waals surface area contributed by atoms with E-state index in [1.54, 1.807) is 11.3 Å². The Morgan fingerprint density at radius 1 is 1.36 bits per heavy atom. The summed E-state index contributed by atoms with van der Waals surface area (Å²) in [4.78, 5) is 2.09. The molecule has 1 aromatic heterocycles. The van der Waals surface area contributed by atoms with E-state index in [1.807, 2.05) is 6.92 Å². The van der Waals surface area contributed by atoms with Crippen LogP contribution in [0.15, 0.2) is 0 Å². The largest absolute Gasteiger partial charge is 0.395 e. The van der Waals surface area contributed by atoms with Gasteiger partial charge in [0.05, 0.1) is 6.61 Å². The highest BCUT2D eigenvalue weighted by Gasteiger charge is 2.09. The number of aryl methyl sites for hydroxylation is 1. The van der Waals surface area contributed by atoms with E-state index in [4.69, 9.17) is 5.11 Å². The smallest absolute Gasteiger partial charge is 0.208 e. The molecular weight excluding hydrogens is 198 g/mol. The minimum Gasteiger partial charge on any atom is -0.395 e. The highest BCUT2D eigenvalue weighted by Crippen LogP contribution is 2.19. The lowest BCUT2D eigenvalue weighted by Gasteiger charge is -2.19. The molecule has 0 aliphatic rings. The molecule has 1 heterocycles. The van der Waals surface area contributed by atoms with Crippen LogP contribution in [0, 0.1) is 6.92 Å². The Balaban J connectivity index is 2.57. The molecule has 0 aromatic carbocycles. The molecule has 0 saturated carbocycles. The highest BCUT2D eigenvalue weighted by molar-refractivity contribution is 7.15. The molecule has 0 aliphatic carbocycles. The van der Waals surface area contributed by atoms with E-state index in [9.17, 15) is 0 Å². The zero-order chi connectivity index (χ0) is 10.4. The van der Waals surface area contributed by atoms with Crippen LogP contribution in [0.1, 0.15) is 24.8 Å². The number of hydrogen-bond acceptors (Lipinski definition) is 5. The summed E-state index contributed by atoms with van der Waals surface area (Å²) in [6.07, 6.45) is 2.28. The minimum atomic E-state index is 0.169. The molecule has 0 unspecified atom stereocenters.